The molecule has 0 atom stereocenters. The maximum atomic E-state index is 11.4. The zero-order valence-corrected chi connectivity index (χ0v) is 20.8. The highest BCUT2D eigenvalue weighted by molar-refractivity contribution is 6.62. The molecule has 0 spiro atoms. The van der Waals surface area contributed by atoms with Crippen molar-refractivity contribution < 1.29 is 19.1 Å². The number of unbranched alkanes of at least 4 members (excludes halogenated alkanes) is 18. The van der Waals surface area contributed by atoms with Crippen molar-refractivity contribution in [1.82, 2.24) is 0 Å². The molecule has 0 amide bonds. The zero-order valence-electron chi connectivity index (χ0n) is 19.8. The van der Waals surface area contributed by atoms with Crippen LogP contribution in [0.5, 0.6) is 0 Å². The van der Waals surface area contributed by atoms with Gasteiger partial charge < -0.3 is 9.68 Å². The quantitative estimate of drug-likeness (QED) is 0.0818. The summed E-state index contributed by atoms with van der Waals surface area (Å²) in [5.74, 6) is -0.369. The maximum Gasteiger partial charge on any atom is 0.382 e. The molecule has 0 radical (unpaired) electrons. The lowest BCUT2D eigenvalue weighted by Gasteiger charge is -2.12. The molecule has 0 aliphatic heterocycles. The third-order valence-corrected chi connectivity index (χ3v) is 5.81. The molecular weight excluding hydrogens is 380 g/mol. The molecule has 5 heteroatoms. The van der Waals surface area contributed by atoms with Crippen LogP contribution in [0.3, 0.4) is 0 Å². The van der Waals surface area contributed by atoms with Crippen LogP contribution in [-0.4, -0.2) is 19.3 Å². The number of carbonyl (C=O) groups excluding carboxylic acids is 1. The van der Waals surface area contributed by atoms with E-state index < -0.39 is 8.56 Å². The fourth-order valence-electron chi connectivity index (χ4n) is 3.54. The Morgan fingerprint density at radius 1 is 0.621 bits per heavy atom. The summed E-state index contributed by atoms with van der Waals surface area (Å²) >= 11 is 0. The average molecular weight is 431 g/mol. The minimum atomic E-state index is -2.76. The van der Waals surface area contributed by atoms with E-state index in [1.165, 1.54) is 109 Å². The smallest absolute Gasteiger partial charge is 0.382 e. The van der Waals surface area contributed by atoms with Gasteiger partial charge in [-0.15, -0.1) is 0 Å². The Labute approximate surface area is 182 Å². The summed E-state index contributed by atoms with van der Waals surface area (Å²) in [6.07, 6.45) is 25.9. The van der Waals surface area contributed by atoms with Gasteiger partial charge in [-0.05, 0) is 19.5 Å². The lowest BCUT2D eigenvalue weighted by molar-refractivity contribution is -0.226. The molecule has 0 fully saturated rings. The van der Waals surface area contributed by atoms with Gasteiger partial charge in [0.05, 0.1) is 0 Å². The molecule has 29 heavy (non-hydrogen) atoms. The number of carbonyl (C=O) groups is 1. The van der Waals surface area contributed by atoms with Gasteiger partial charge in [-0.3, -0.25) is 0 Å². The SMILES string of the molecule is CCCCCCCCCCCCCCCCCCCCCC(=O)OO[Si](C)(C)O. The predicted octanol–water partition coefficient (Wildman–Crippen LogP) is 7.98. The van der Waals surface area contributed by atoms with Crippen LogP contribution in [-0.2, 0) is 14.3 Å². The van der Waals surface area contributed by atoms with Gasteiger partial charge in [-0.2, -0.15) is 0 Å². The largest absolute Gasteiger partial charge is 0.409 e. The Balaban J connectivity index is 3.12. The van der Waals surface area contributed by atoms with E-state index >= 15 is 0 Å². The van der Waals surface area contributed by atoms with Gasteiger partial charge in [-0.25, -0.2) is 9.37 Å². The van der Waals surface area contributed by atoms with Crippen molar-refractivity contribution in [3.05, 3.63) is 0 Å². The van der Waals surface area contributed by atoms with Crippen LogP contribution in [0.2, 0.25) is 13.1 Å². The molecule has 1 N–H and O–H groups in total. The van der Waals surface area contributed by atoms with E-state index in [0.717, 1.165) is 12.8 Å². The first-order chi connectivity index (χ1) is 14.0. The van der Waals surface area contributed by atoms with Crippen molar-refractivity contribution in [2.45, 2.75) is 148 Å². The molecule has 0 aromatic carbocycles. The van der Waals surface area contributed by atoms with Crippen LogP contribution in [0.25, 0.3) is 0 Å². The van der Waals surface area contributed by atoms with Crippen molar-refractivity contribution in [3.8, 4) is 0 Å². The second-order valence-corrected chi connectivity index (χ2v) is 12.2. The first-order valence-electron chi connectivity index (χ1n) is 12.6. The first-order valence-corrected chi connectivity index (χ1v) is 15.4. The van der Waals surface area contributed by atoms with Gasteiger partial charge in [0.1, 0.15) is 0 Å². The summed E-state index contributed by atoms with van der Waals surface area (Å²) in [5.41, 5.74) is 0. The summed E-state index contributed by atoms with van der Waals surface area (Å²) in [6.45, 7) is 5.42. The Morgan fingerprint density at radius 3 is 1.24 bits per heavy atom. The van der Waals surface area contributed by atoms with E-state index in [1.807, 2.05) is 0 Å². The molecule has 0 aromatic rings. The van der Waals surface area contributed by atoms with Crippen molar-refractivity contribution in [2.24, 2.45) is 0 Å². The second kappa shape index (κ2) is 20.9. The summed E-state index contributed by atoms with van der Waals surface area (Å²) < 4.78 is 4.73. The standard InChI is InChI=1S/C24H50O4Si/c1-4-5-6-7-8-9-10-11-12-13-14-15-16-17-18-19-20-21-22-23-24(25)27-28-29(2,3)26/h26H,4-23H2,1-3H3. The zero-order chi connectivity index (χ0) is 21.6. The molecule has 0 unspecified atom stereocenters. The highest BCUT2D eigenvalue weighted by atomic mass is 28.4. The van der Waals surface area contributed by atoms with Crippen LogP contribution in [0.4, 0.5) is 0 Å². The Morgan fingerprint density at radius 2 is 0.931 bits per heavy atom. The third-order valence-electron chi connectivity index (χ3n) is 5.32. The third kappa shape index (κ3) is 25.6. The first kappa shape index (κ1) is 28.6. The molecule has 0 saturated heterocycles. The molecule has 0 saturated carbocycles. The molecule has 0 heterocycles. The molecule has 0 aliphatic carbocycles. The predicted molar refractivity (Wildman–Crippen MR) is 125 cm³/mol. The monoisotopic (exact) mass is 430 g/mol. The highest BCUT2D eigenvalue weighted by Gasteiger charge is 2.22. The fraction of sp³-hybridized carbons (Fsp3) is 0.958. The van der Waals surface area contributed by atoms with Gasteiger partial charge in [0, 0.05) is 6.42 Å². The lowest BCUT2D eigenvalue weighted by atomic mass is 10.0. The van der Waals surface area contributed by atoms with Gasteiger partial charge in [-0.1, -0.05) is 122 Å². The van der Waals surface area contributed by atoms with E-state index in [-0.39, 0.29) is 5.97 Å². The summed E-state index contributed by atoms with van der Waals surface area (Å²) in [6, 6.07) is 0. The minimum Gasteiger partial charge on any atom is -0.409 e. The van der Waals surface area contributed by atoms with E-state index in [0.29, 0.717) is 6.42 Å². The van der Waals surface area contributed by atoms with Gasteiger partial charge in [0.25, 0.3) is 0 Å². The normalized spacial score (nSPS) is 11.7. The second-order valence-electron chi connectivity index (χ2n) is 9.10. The van der Waals surface area contributed by atoms with Crippen LogP contribution in [0.1, 0.15) is 135 Å². The van der Waals surface area contributed by atoms with E-state index in [9.17, 15) is 9.59 Å². The Kier molecular flexibility index (Phi) is 20.6. The Hall–Kier alpha value is -0.393. The molecule has 0 aliphatic rings. The van der Waals surface area contributed by atoms with Crippen LogP contribution >= 0.6 is 0 Å². The number of hydrogen-bond acceptors (Lipinski definition) is 4. The summed E-state index contributed by atoms with van der Waals surface area (Å²) in [4.78, 5) is 25.5. The Bertz CT molecular complexity index is 355. The summed E-state index contributed by atoms with van der Waals surface area (Å²) in [5, 5.41) is 0. The van der Waals surface area contributed by atoms with Gasteiger partial charge >= 0.3 is 14.5 Å². The highest BCUT2D eigenvalue weighted by Crippen LogP contribution is 2.15. The summed E-state index contributed by atoms with van der Waals surface area (Å²) in [7, 11) is -2.76. The van der Waals surface area contributed by atoms with Crippen molar-refractivity contribution in [1.29, 1.82) is 0 Å². The van der Waals surface area contributed by atoms with Crippen LogP contribution < -0.4 is 0 Å². The van der Waals surface area contributed by atoms with Gasteiger partial charge in [0.15, 0.2) is 0 Å². The maximum absolute atomic E-state index is 11.4. The minimum absolute atomic E-state index is 0.369. The molecule has 4 nitrogen and oxygen atoms in total. The fourth-order valence-corrected chi connectivity index (χ4v) is 3.83. The van der Waals surface area contributed by atoms with E-state index in [1.54, 1.807) is 13.1 Å². The van der Waals surface area contributed by atoms with Crippen molar-refractivity contribution in [2.75, 3.05) is 0 Å². The van der Waals surface area contributed by atoms with Crippen LogP contribution in [0, 0.1) is 0 Å². The molecular formula is C24H50O4Si. The lowest BCUT2D eigenvalue weighted by Crippen LogP contribution is -2.31. The van der Waals surface area contributed by atoms with Gasteiger partial charge in [0.2, 0.25) is 0 Å². The molecule has 0 bridgehead atoms. The topological polar surface area (TPSA) is 55.8 Å². The number of hydrogen-bond donors (Lipinski definition) is 1. The van der Waals surface area contributed by atoms with Crippen molar-refractivity contribution in [3.63, 3.8) is 0 Å². The number of rotatable bonds is 22. The average Bonchev–Trinajstić information content (AvgIpc) is 2.67. The molecule has 174 valence electrons. The molecule has 0 rings (SSSR count). The van der Waals surface area contributed by atoms with E-state index in [4.69, 9.17) is 4.58 Å². The van der Waals surface area contributed by atoms with Crippen LogP contribution in [0.15, 0.2) is 0 Å². The van der Waals surface area contributed by atoms with Crippen molar-refractivity contribution >= 4 is 14.5 Å². The molecule has 0 aromatic heterocycles. The van der Waals surface area contributed by atoms with E-state index in [2.05, 4.69) is 11.8 Å².